The Kier molecular flexibility index (Phi) is 5.12. The van der Waals surface area contributed by atoms with E-state index in [1.165, 1.54) is 11.1 Å². The average molecular weight is 289 g/mol. The van der Waals surface area contributed by atoms with E-state index in [4.69, 9.17) is 5.21 Å². The van der Waals surface area contributed by atoms with Crippen LogP contribution in [-0.2, 0) is 11.2 Å². The molecule has 1 amide bonds. The molecular weight excluding hydrogens is 266 g/mol. The fourth-order valence-electron chi connectivity index (χ4n) is 3.23. The van der Waals surface area contributed by atoms with Crippen molar-refractivity contribution in [3.63, 3.8) is 0 Å². The third kappa shape index (κ3) is 3.70. The summed E-state index contributed by atoms with van der Waals surface area (Å²) in [6, 6.07) is 4.15. The molecule has 0 aliphatic heterocycles. The second kappa shape index (κ2) is 6.85. The zero-order valence-electron chi connectivity index (χ0n) is 12.7. The number of nitrogens with one attached hydrogen (secondary N) is 1. The van der Waals surface area contributed by atoms with Crippen molar-refractivity contribution in [3.8, 4) is 0 Å². The van der Waals surface area contributed by atoms with Crippen molar-refractivity contribution in [3.05, 3.63) is 34.4 Å². The minimum absolute atomic E-state index is 0.0795. The lowest BCUT2D eigenvalue weighted by Gasteiger charge is -2.25. The summed E-state index contributed by atoms with van der Waals surface area (Å²) in [7, 11) is 0. The summed E-state index contributed by atoms with van der Waals surface area (Å²) in [5.74, 6) is -0.0212. The van der Waals surface area contributed by atoms with Crippen LogP contribution in [0.4, 0.5) is 0 Å². The summed E-state index contributed by atoms with van der Waals surface area (Å²) in [5.41, 5.74) is 6.10. The molecule has 0 heterocycles. The van der Waals surface area contributed by atoms with Crippen LogP contribution in [0.3, 0.4) is 0 Å². The van der Waals surface area contributed by atoms with Crippen LogP contribution in [0.2, 0.25) is 0 Å². The molecule has 2 rings (SSSR count). The van der Waals surface area contributed by atoms with E-state index in [2.05, 4.69) is 13.0 Å². The van der Waals surface area contributed by atoms with Gasteiger partial charge in [0.1, 0.15) is 0 Å². The van der Waals surface area contributed by atoms with Crippen molar-refractivity contribution < 1.29 is 14.8 Å². The maximum Gasteiger partial charge on any atom is 0.243 e. The summed E-state index contributed by atoms with van der Waals surface area (Å²) in [5, 5.41) is 8.43. The van der Waals surface area contributed by atoms with E-state index < -0.39 is 0 Å². The number of fused-ring (bicyclic) bond motifs is 1. The molecule has 2 N–H and O–H groups in total. The van der Waals surface area contributed by atoms with Crippen molar-refractivity contribution in [2.24, 2.45) is 5.92 Å². The van der Waals surface area contributed by atoms with Gasteiger partial charge in [-0.15, -0.1) is 0 Å². The molecule has 1 unspecified atom stereocenters. The van der Waals surface area contributed by atoms with Crippen molar-refractivity contribution in [1.29, 1.82) is 0 Å². The first-order valence-electron chi connectivity index (χ1n) is 7.60. The van der Waals surface area contributed by atoms with Gasteiger partial charge in [-0.1, -0.05) is 18.1 Å². The highest BCUT2D eigenvalue weighted by Crippen LogP contribution is 2.31. The van der Waals surface area contributed by atoms with Gasteiger partial charge in [-0.2, -0.15) is 0 Å². The fourth-order valence-corrected chi connectivity index (χ4v) is 3.23. The van der Waals surface area contributed by atoms with E-state index in [0.29, 0.717) is 12.8 Å². The molecule has 1 aromatic carbocycles. The molecule has 0 fully saturated rings. The normalized spacial score (nSPS) is 17.5. The van der Waals surface area contributed by atoms with Gasteiger partial charge in [0.05, 0.1) is 0 Å². The quantitative estimate of drug-likeness (QED) is 0.497. The lowest BCUT2D eigenvalue weighted by molar-refractivity contribution is -0.129. The van der Waals surface area contributed by atoms with Gasteiger partial charge < -0.3 is 0 Å². The number of hydrogen-bond donors (Lipinski definition) is 2. The van der Waals surface area contributed by atoms with Crippen molar-refractivity contribution >= 4 is 11.7 Å². The SMILES string of the molecule is Cc1cc(C)c2c(c1)C(=O)C(CCCCC(=O)NO)CC2. The monoisotopic (exact) mass is 289 g/mol. The first-order valence-corrected chi connectivity index (χ1v) is 7.60. The van der Waals surface area contributed by atoms with Gasteiger partial charge >= 0.3 is 0 Å². The summed E-state index contributed by atoms with van der Waals surface area (Å²) < 4.78 is 0. The summed E-state index contributed by atoms with van der Waals surface area (Å²) in [4.78, 5) is 23.5. The van der Waals surface area contributed by atoms with Crippen LogP contribution >= 0.6 is 0 Å². The lowest BCUT2D eigenvalue weighted by atomic mass is 9.78. The maximum atomic E-state index is 12.6. The van der Waals surface area contributed by atoms with Crippen LogP contribution < -0.4 is 5.48 Å². The van der Waals surface area contributed by atoms with Gasteiger partial charge in [0.15, 0.2) is 5.78 Å². The Morgan fingerprint density at radius 2 is 2.10 bits per heavy atom. The zero-order valence-corrected chi connectivity index (χ0v) is 12.7. The van der Waals surface area contributed by atoms with Gasteiger partial charge in [-0.3, -0.25) is 14.8 Å². The molecule has 1 aliphatic carbocycles. The fraction of sp³-hybridized carbons (Fsp3) is 0.529. The zero-order chi connectivity index (χ0) is 15.4. The first kappa shape index (κ1) is 15.7. The number of aryl methyl sites for hydroxylation is 2. The van der Waals surface area contributed by atoms with Crippen LogP contribution in [0.5, 0.6) is 0 Å². The van der Waals surface area contributed by atoms with Crippen LogP contribution in [0.25, 0.3) is 0 Å². The summed E-state index contributed by atoms with van der Waals surface area (Å²) in [6.07, 6.45) is 4.55. The Bertz CT molecular complexity index is 551. The largest absolute Gasteiger partial charge is 0.294 e. The number of amides is 1. The molecule has 4 nitrogen and oxygen atoms in total. The molecule has 1 atom stereocenters. The van der Waals surface area contributed by atoms with Gasteiger partial charge in [0, 0.05) is 17.9 Å². The van der Waals surface area contributed by atoms with Crippen LogP contribution in [0.15, 0.2) is 12.1 Å². The van der Waals surface area contributed by atoms with Gasteiger partial charge in [0.25, 0.3) is 0 Å². The first-order chi connectivity index (χ1) is 10.0. The molecule has 114 valence electrons. The highest BCUT2D eigenvalue weighted by molar-refractivity contribution is 6.00. The third-order valence-corrected chi connectivity index (χ3v) is 4.33. The molecule has 0 saturated carbocycles. The highest BCUT2D eigenvalue weighted by Gasteiger charge is 2.27. The number of hydroxylamine groups is 1. The minimum atomic E-state index is -0.360. The Balaban J connectivity index is 1.96. The standard InChI is InChI=1S/C17H23NO3/c1-11-9-12(2)14-8-7-13(17(20)15(14)10-11)5-3-4-6-16(19)18-21/h9-10,13,21H,3-8H2,1-2H3,(H,18,19). The molecule has 0 spiro atoms. The number of carbonyl (C=O) groups excluding carboxylic acids is 2. The number of benzene rings is 1. The van der Waals surface area contributed by atoms with Crippen molar-refractivity contribution in [2.45, 2.75) is 52.4 Å². The Morgan fingerprint density at radius 1 is 1.33 bits per heavy atom. The average Bonchev–Trinajstić information content (AvgIpc) is 2.45. The molecule has 4 heteroatoms. The van der Waals surface area contributed by atoms with Crippen LogP contribution in [0, 0.1) is 19.8 Å². The number of rotatable bonds is 5. The van der Waals surface area contributed by atoms with E-state index in [9.17, 15) is 9.59 Å². The number of Topliss-reactive ketones (excluding diaryl/α,β-unsaturated/α-hetero) is 1. The predicted octanol–water partition coefficient (Wildman–Crippen LogP) is 3.11. The Hall–Kier alpha value is -1.68. The molecule has 0 aromatic heterocycles. The molecule has 0 saturated heterocycles. The van der Waals surface area contributed by atoms with Crippen LogP contribution in [-0.4, -0.2) is 16.9 Å². The number of unbranched alkanes of at least 4 members (excludes halogenated alkanes) is 1. The van der Waals surface area contributed by atoms with E-state index >= 15 is 0 Å². The smallest absolute Gasteiger partial charge is 0.243 e. The third-order valence-electron chi connectivity index (χ3n) is 4.33. The molecule has 1 aromatic rings. The maximum absolute atomic E-state index is 12.6. The minimum Gasteiger partial charge on any atom is -0.294 e. The summed E-state index contributed by atoms with van der Waals surface area (Å²) >= 11 is 0. The second-order valence-corrected chi connectivity index (χ2v) is 5.99. The van der Waals surface area contributed by atoms with Gasteiger partial charge in [0.2, 0.25) is 5.91 Å². The van der Waals surface area contributed by atoms with Crippen LogP contribution in [0.1, 0.15) is 59.2 Å². The Labute approximate surface area is 125 Å². The van der Waals surface area contributed by atoms with E-state index in [1.807, 2.05) is 13.0 Å². The van der Waals surface area contributed by atoms with E-state index in [0.717, 1.165) is 36.8 Å². The molecule has 21 heavy (non-hydrogen) atoms. The van der Waals surface area contributed by atoms with E-state index in [1.54, 1.807) is 5.48 Å². The van der Waals surface area contributed by atoms with Crippen molar-refractivity contribution in [1.82, 2.24) is 5.48 Å². The van der Waals surface area contributed by atoms with Gasteiger partial charge in [-0.25, -0.2) is 5.48 Å². The molecule has 1 aliphatic rings. The molecule has 0 bridgehead atoms. The topological polar surface area (TPSA) is 66.4 Å². The predicted molar refractivity (Wildman–Crippen MR) is 80.5 cm³/mol. The molecular formula is C17H23NO3. The Morgan fingerprint density at radius 3 is 2.81 bits per heavy atom. The van der Waals surface area contributed by atoms with Gasteiger partial charge in [-0.05, 0) is 56.7 Å². The highest BCUT2D eigenvalue weighted by atomic mass is 16.5. The lowest BCUT2D eigenvalue weighted by Crippen LogP contribution is -2.24. The van der Waals surface area contributed by atoms with E-state index in [-0.39, 0.29) is 17.6 Å². The van der Waals surface area contributed by atoms with Crippen molar-refractivity contribution in [2.75, 3.05) is 0 Å². The number of carbonyl (C=O) groups is 2. The number of hydrogen-bond acceptors (Lipinski definition) is 3. The second-order valence-electron chi connectivity index (χ2n) is 5.99. The summed E-state index contributed by atoms with van der Waals surface area (Å²) in [6.45, 7) is 4.10. The number of ketones is 1. The molecule has 0 radical (unpaired) electrons.